The van der Waals surface area contributed by atoms with Gasteiger partial charge in [-0.15, -0.1) is 11.6 Å². The summed E-state index contributed by atoms with van der Waals surface area (Å²) in [6.45, 7) is 0. The fourth-order valence-electron chi connectivity index (χ4n) is 1.31. The molecule has 0 aliphatic carbocycles. The highest BCUT2D eigenvalue weighted by Crippen LogP contribution is 2.24. The van der Waals surface area contributed by atoms with E-state index in [2.05, 4.69) is 4.72 Å². The molecule has 19 heavy (non-hydrogen) atoms. The highest BCUT2D eigenvalue weighted by molar-refractivity contribution is 7.92. The van der Waals surface area contributed by atoms with Crippen molar-refractivity contribution >= 4 is 44.8 Å². The Morgan fingerprint density at radius 1 is 1.37 bits per heavy atom. The SMILES string of the molecule is CN(C)C(=O)c1ccc(Cl)c(NS(=O)(=O)CCCl)c1. The van der Waals surface area contributed by atoms with Crippen molar-refractivity contribution in [3.8, 4) is 0 Å². The van der Waals surface area contributed by atoms with Gasteiger partial charge in [-0.2, -0.15) is 0 Å². The van der Waals surface area contributed by atoms with Crippen LogP contribution in [0.3, 0.4) is 0 Å². The van der Waals surface area contributed by atoms with Crippen molar-refractivity contribution in [3.63, 3.8) is 0 Å². The highest BCUT2D eigenvalue weighted by Gasteiger charge is 2.15. The van der Waals surface area contributed by atoms with Gasteiger partial charge in [-0.3, -0.25) is 9.52 Å². The average molecular weight is 325 g/mol. The van der Waals surface area contributed by atoms with Gasteiger partial charge in [-0.05, 0) is 18.2 Å². The lowest BCUT2D eigenvalue weighted by Crippen LogP contribution is -2.22. The molecule has 1 aromatic rings. The number of hydrogen-bond acceptors (Lipinski definition) is 3. The van der Waals surface area contributed by atoms with Crippen molar-refractivity contribution in [2.45, 2.75) is 0 Å². The fraction of sp³-hybridized carbons (Fsp3) is 0.364. The quantitative estimate of drug-likeness (QED) is 0.842. The van der Waals surface area contributed by atoms with Gasteiger partial charge in [0, 0.05) is 25.5 Å². The minimum atomic E-state index is -3.56. The molecule has 0 bridgehead atoms. The van der Waals surface area contributed by atoms with E-state index in [0.29, 0.717) is 5.56 Å². The van der Waals surface area contributed by atoms with Crippen LogP contribution in [0.1, 0.15) is 10.4 Å². The maximum absolute atomic E-state index is 11.8. The molecular weight excluding hydrogens is 311 g/mol. The number of carbonyl (C=O) groups excluding carboxylic acids is 1. The Hall–Kier alpha value is -0.980. The van der Waals surface area contributed by atoms with Gasteiger partial charge in [0.2, 0.25) is 10.0 Å². The molecule has 1 amide bonds. The van der Waals surface area contributed by atoms with Crippen LogP contribution < -0.4 is 4.72 Å². The lowest BCUT2D eigenvalue weighted by atomic mass is 10.2. The summed E-state index contributed by atoms with van der Waals surface area (Å²) in [5.41, 5.74) is 0.512. The van der Waals surface area contributed by atoms with E-state index in [-0.39, 0.29) is 28.3 Å². The summed E-state index contributed by atoms with van der Waals surface area (Å²) in [5, 5.41) is 0.216. The molecule has 106 valence electrons. The van der Waals surface area contributed by atoms with E-state index < -0.39 is 10.0 Å². The Bertz CT molecular complexity index is 573. The van der Waals surface area contributed by atoms with Gasteiger partial charge < -0.3 is 4.90 Å². The Morgan fingerprint density at radius 2 is 2.00 bits per heavy atom. The van der Waals surface area contributed by atoms with Gasteiger partial charge in [-0.25, -0.2) is 8.42 Å². The number of anilines is 1. The zero-order valence-corrected chi connectivity index (χ0v) is 12.8. The van der Waals surface area contributed by atoms with E-state index in [1.807, 2.05) is 0 Å². The third-order valence-electron chi connectivity index (χ3n) is 2.23. The summed E-state index contributed by atoms with van der Waals surface area (Å²) >= 11 is 11.3. The fourth-order valence-corrected chi connectivity index (χ4v) is 2.95. The number of halogens is 2. The molecule has 1 aromatic carbocycles. The number of carbonyl (C=O) groups is 1. The van der Waals surface area contributed by atoms with E-state index in [1.54, 1.807) is 14.1 Å². The number of amides is 1. The van der Waals surface area contributed by atoms with Crippen LogP contribution in [-0.2, 0) is 10.0 Å². The van der Waals surface area contributed by atoms with E-state index in [4.69, 9.17) is 23.2 Å². The minimum Gasteiger partial charge on any atom is -0.345 e. The largest absolute Gasteiger partial charge is 0.345 e. The molecule has 8 heteroatoms. The van der Waals surface area contributed by atoms with Crippen molar-refractivity contribution in [2.75, 3.05) is 30.5 Å². The second kappa shape index (κ2) is 6.45. The molecule has 1 N–H and O–H groups in total. The molecule has 0 radical (unpaired) electrons. The third kappa shape index (κ3) is 4.56. The van der Waals surface area contributed by atoms with Crippen molar-refractivity contribution < 1.29 is 13.2 Å². The summed E-state index contributed by atoms with van der Waals surface area (Å²) in [6.07, 6.45) is 0. The van der Waals surface area contributed by atoms with Crippen molar-refractivity contribution in [1.82, 2.24) is 4.90 Å². The number of rotatable bonds is 5. The van der Waals surface area contributed by atoms with Gasteiger partial charge in [0.05, 0.1) is 16.5 Å². The Labute approximate surface area is 122 Å². The van der Waals surface area contributed by atoms with E-state index in [1.165, 1.54) is 23.1 Å². The molecule has 0 aliphatic heterocycles. The van der Waals surface area contributed by atoms with Crippen LogP contribution in [-0.4, -0.2) is 45.0 Å². The van der Waals surface area contributed by atoms with Crippen LogP contribution in [0, 0.1) is 0 Å². The molecule has 0 saturated carbocycles. The van der Waals surface area contributed by atoms with Crippen molar-refractivity contribution in [2.24, 2.45) is 0 Å². The molecule has 0 aromatic heterocycles. The van der Waals surface area contributed by atoms with E-state index in [0.717, 1.165) is 0 Å². The lowest BCUT2D eigenvalue weighted by Gasteiger charge is -2.13. The van der Waals surface area contributed by atoms with Crippen molar-refractivity contribution in [3.05, 3.63) is 28.8 Å². The second-order valence-corrected chi connectivity index (χ2v) is 6.63. The summed E-state index contributed by atoms with van der Waals surface area (Å²) in [5.74, 6) is -0.491. The zero-order valence-electron chi connectivity index (χ0n) is 10.5. The smallest absolute Gasteiger partial charge is 0.253 e. The Morgan fingerprint density at radius 3 is 2.53 bits per heavy atom. The highest BCUT2D eigenvalue weighted by atomic mass is 35.5. The minimum absolute atomic E-state index is 0.0245. The molecular formula is C11H14Cl2N2O3S. The molecule has 0 unspecified atom stereocenters. The number of sulfonamides is 1. The van der Waals surface area contributed by atoms with Gasteiger partial charge in [-0.1, -0.05) is 11.6 Å². The third-order valence-corrected chi connectivity index (χ3v) is 4.25. The maximum Gasteiger partial charge on any atom is 0.253 e. The summed E-state index contributed by atoms with van der Waals surface area (Å²) < 4.78 is 25.5. The average Bonchev–Trinajstić information content (AvgIpc) is 2.30. The Kier molecular flexibility index (Phi) is 5.46. The lowest BCUT2D eigenvalue weighted by molar-refractivity contribution is 0.0827. The monoisotopic (exact) mass is 324 g/mol. The molecule has 0 spiro atoms. The first-order valence-corrected chi connectivity index (χ1v) is 7.91. The predicted octanol–water partition coefficient (Wildman–Crippen LogP) is 2.02. The standard InChI is InChI=1S/C11H14Cl2N2O3S/c1-15(2)11(16)8-3-4-9(13)10(7-8)14-19(17,18)6-5-12/h3-4,7,14H,5-6H2,1-2H3. The number of alkyl halides is 1. The number of hydrogen-bond donors (Lipinski definition) is 1. The van der Waals surface area contributed by atoms with E-state index in [9.17, 15) is 13.2 Å². The molecule has 5 nitrogen and oxygen atoms in total. The molecule has 0 aliphatic rings. The maximum atomic E-state index is 11.8. The molecule has 0 fully saturated rings. The van der Waals surface area contributed by atoms with Gasteiger partial charge in [0.1, 0.15) is 0 Å². The predicted molar refractivity (Wildman–Crippen MR) is 77.6 cm³/mol. The first-order chi connectivity index (χ1) is 8.76. The molecule has 0 atom stereocenters. The van der Waals surface area contributed by atoms with Gasteiger partial charge >= 0.3 is 0 Å². The summed E-state index contributed by atoms with van der Waals surface area (Å²) in [6, 6.07) is 4.40. The van der Waals surface area contributed by atoms with Crippen LogP contribution in [0.5, 0.6) is 0 Å². The molecule has 1 rings (SSSR count). The number of nitrogens with zero attached hydrogens (tertiary/aromatic N) is 1. The number of nitrogens with one attached hydrogen (secondary N) is 1. The van der Waals surface area contributed by atoms with E-state index >= 15 is 0 Å². The second-order valence-electron chi connectivity index (χ2n) is 4.00. The van der Waals surface area contributed by atoms with Crippen LogP contribution in [0.2, 0.25) is 5.02 Å². The van der Waals surface area contributed by atoms with Gasteiger partial charge in [0.25, 0.3) is 5.91 Å². The van der Waals surface area contributed by atoms with Crippen LogP contribution in [0.4, 0.5) is 5.69 Å². The van der Waals surface area contributed by atoms with Crippen LogP contribution in [0.15, 0.2) is 18.2 Å². The normalized spacial score (nSPS) is 11.2. The zero-order chi connectivity index (χ0) is 14.6. The van der Waals surface area contributed by atoms with Gasteiger partial charge in [0.15, 0.2) is 0 Å². The first-order valence-electron chi connectivity index (χ1n) is 5.34. The first kappa shape index (κ1) is 16.1. The van der Waals surface area contributed by atoms with Crippen LogP contribution in [0.25, 0.3) is 0 Å². The summed E-state index contributed by atoms with van der Waals surface area (Å²) in [7, 11) is -0.350. The molecule has 0 saturated heterocycles. The van der Waals surface area contributed by atoms with Crippen molar-refractivity contribution in [1.29, 1.82) is 0 Å². The number of benzene rings is 1. The van der Waals surface area contributed by atoms with Crippen LogP contribution >= 0.6 is 23.2 Å². The molecule has 0 heterocycles. The topological polar surface area (TPSA) is 66.5 Å². The Balaban J connectivity index is 3.08. The summed E-state index contributed by atoms with van der Waals surface area (Å²) in [4.78, 5) is 13.2.